The topological polar surface area (TPSA) is 34.6 Å². The van der Waals surface area contributed by atoms with Crippen LogP contribution in [0.1, 0.15) is 19.4 Å². The number of morpholine rings is 1. The summed E-state index contributed by atoms with van der Waals surface area (Å²) in [6.07, 6.45) is 0.923. The molecule has 1 saturated heterocycles. The summed E-state index contributed by atoms with van der Waals surface area (Å²) in [5.41, 5.74) is 2.43. The van der Waals surface area contributed by atoms with Crippen molar-refractivity contribution in [2.45, 2.75) is 26.3 Å². The first-order chi connectivity index (χ1) is 8.67. The van der Waals surface area contributed by atoms with E-state index in [0.717, 1.165) is 35.8 Å². The van der Waals surface area contributed by atoms with Crippen LogP contribution in [0.5, 0.6) is 5.88 Å². The van der Waals surface area contributed by atoms with Gasteiger partial charge in [0, 0.05) is 23.8 Å². The molecule has 100 valence electrons. The fourth-order valence-electron chi connectivity index (χ4n) is 2.35. The van der Waals surface area contributed by atoms with Gasteiger partial charge in [-0.3, -0.25) is 0 Å². The number of ether oxygens (including phenoxy) is 2. The molecule has 4 nitrogen and oxygen atoms in total. The second kappa shape index (κ2) is 6.06. The van der Waals surface area contributed by atoms with Gasteiger partial charge in [-0.1, -0.05) is 6.92 Å². The van der Waals surface area contributed by atoms with E-state index in [4.69, 9.17) is 9.47 Å². The molecule has 1 aliphatic rings. The van der Waals surface area contributed by atoms with Crippen LogP contribution in [0.3, 0.4) is 0 Å². The van der Waals surface area contributed by atoms with Gasteiger partial charge in [0.2, 0.25) is 5.88 Å². The zero-order chi connectivity index (χ0) is 13.1. The highest BCUT2D eigenvalue weighted by Crippen LogP contribution is 2.32. The molecule has 1 aromatic heterocycles. The predicted octanol–water partition coefficient (Wildman–Crippen LogP) is 2.48. The minimum absolute atomic E-state index is 0.395. The summed E-state index contributed by atoms with van der Waals surface area (Å²) in [6, 6.07) is 2.54. The molecule has 0 aromatic carbocycles. The zero-order valence-corrected chi connectivity index (χ0v) is 13.2. The standard InChI is InChI=1S/C13H19IN2O2/c1-4-10-11(7-12(14)15-13(10)17-3)16-5-6-18-8-9(16)2/h7,9H,4-6,8H2,1-3H3/t9-/m1/s1. The fraction of sp³-hybridized carbons (Fsp3) is 0.615. The van der Waals surface area contributed by atoms with Gasteiger partial charge in [-0.15, -0.1) is 0 Å². The molecule has 0 saturated carbocycles. The minimum Gasteiger partial charge on any atom is -0.481 e. The summed E-state index contributed by atoms with van der Waals surface area (Å²) in [6.45, 7) is 6.83. The second-order valence-corrected chi connectivity index (χ2v) is 5.53. The van der Waals surface area contributed by atoms with Crippen molar-refractivity contribution in [1.82, 2.24) is 4.98 Å². The zero-order valence-electron chi connectivity index (χ0n) is 11.1. The molecule has 18 heavy (non-hydrogen) atoms. The largest absolute Gasteiger partial charge is 0.481 e. The van der Waals surface area contributed by atoms with E-state index in [-0.39, 0.29) is 0 Å². The van der Waals surface area contributed by atoms with Crippen molar-refractivity contribution in [3.8, 4) is 5.88 Å². The van der Waals surface area contributed by atoms with Crippen LogP contribution >= 0.6 is 22.6 Å². The van der Waals surface area contributed by atoms with Crippen molar-refractivity contribution in [2.24, 2.45) is 0 Å². The van der Waals surface area contributed by atoms with Crippen molar-refractivity contribution >= 4 is 28.3 Å². The lowest BCUT2D eigenvalue weighted by atomic mass is 10.1. The summed E-state index contributed by atoms with van der Waals surface area (Å²) in [5.74, 6) is 0.748. The van der Waals surface area contributed by atoms with Gasteiger partial charge in [-0.25, -0.2) is 4.98 Å². The maximum atomic E-state index is 5.50. The molecule has 0 spiro atoms. The van der Waals surface area contributed by atoms with E-state index in [1.165, 1.54) is 11.3 Å². The van der Waals surface area contributed by atoms with Crippen LogP contribution in [-0.2, 0) is 11.2 Å². The van der Waals surface area contributed by atoms with E-state index in [1.807, 2.05) is 0 Å². The SMILES string of the molecule is CCc1c(N2CCOC[C@H]2C)cc(I)nc1OC. The summed E-state index contributed by atoms with van der Waals surface area (Å²) < 4.78 is 11.9. The molecule has 0 aliphatic carbocycles. The summed E-state index contributed by atoms with van der Waals surface area (Å²) in [4.78, 5) is 6.85. The van der Waals surface area contributed by atoms with Crippen LogP contribution in [0.4, 0.5) is 5.69 Å². The Balaban J connectivity index is 2.44. The Kier molecular flexibility index (Phi) is 4.66. The van der Waals surface area contributed by atoms with E-state index in [1.54, 1.807) is 7.11 Å². The smallest absolute Gasteiger partial charge is 0.219 e. The van der Waals surface area contributed by atoms with Crippen molar-refractivity contribution < 1.29 is 9.47 Å². The molecule has 0 N–H and O–H groups in total. The lowest BCUT2D eigenvalue weighted by molar-refractivity contribution is 0.0988. The molecule has 2 heterocycles. The van der Waals surface area contributed by atoms with Gasteiger partial charge >= 0.3 is 0 Å². The van der Waals surface area contributed by atoms with Gasteiger partial charge in [0.25, 0.3) is 0 Å². The molecule has 1 fully saturated rings. The molecule has 5 heteroatoms. The van der Waals surface area contributed by atoms with Crippen LogP contribution in [0.2, 0.25) is 0 Å². The van der Waals surface area contributed by atoms with Crippen LogP contribution in [-0.4, -0.2) is 37.9 Å². The number of aromatic nitrogens is 1. The lowest BCUT2D eigenvalue weighted by Crippen LogP contribution is -2.44. The first-order valence-electron chi connectivity index (χ1n) is 6.25. The van der Waals surface area contributed by atoms with Crippen molar-refractivity contribution in [2.75, 3.05) is 31.8 Å². The Labute approximate surface area is 122 Å². The van der Waals surface area contributed by atoms with Crippen molar-refractivity contribution in [1.29, 1.82) is 0 Å². The minimum atomic E-state index is 0.395. The maximum absolute atomic E-state index is 5.50. The highest BCUT2D eigenvalue weighted by molar-refractivity contribution is 14.1. The third kappa shape index (κ3) is 2.71. The number of rotatable bonds is 3. The number of hydrogen-bond acceptors (Lipinski definition) is 4. The summed E-state index contributed by atoms with van der Waals surface area (Å²) in [5, 5.41) is 0. The quantitative estimate of drug-likeness (QED) is 0.611. The highest BCUT2D eigenvalue weighted by atomic mass is 127. The molecule has 0 unspecified atom stereocenters. The number of halogens is 1. The molecule has 1 atom stereocenters. The molecule has 0 radical (unpaired) electrons. The lowest BCUT2D eigenvalue weighted by Gasteiger charge is -2.36. The van der Waals surface area contributed by atoms with Gasteiger partial charge < -0.3 is 14.4 Å². The fourth-order valence-corrected chi connectivity index (χ4v) is 2.86. The predicted molar refractivity (Wildman–Crippen MR) is 80.5 cm³/mol. The van der Waals surface area contributed by atoms with Crippen molar-refractivity contribution in [3.63, 3.8) is 0 Å². The van der Waals surface area contributed by atoms with Gasteiger partial charge in [0.05, 0.1) is 20.3 Å². The maximum Gasteiger partial charge on any atom is 0.219 e. The Morgan fingerprint density at radius 1 is 1.61 bits per heavy atom. The summed E-state index contributed by atoms with van der Waals surface area (Å²) >= 11 is 2.24. The Hall–Kier alpha value is -0.560. The van der Waals surface area contributed by atoms with Crippen LogP contribution < -0.4 is 9.64 Å². The van der Waals surface area contributed by atoms with E-state index in [9.17, 15) is 0 Å². The summed E-state index contributed by atoms with van der Waals surface area (Å²) in [7, 11) is 1.68. The average molecular weight is 362 g/mol. The van der Waals surface area contributed by atoms with Crippen LogP contribution in [0.15, 0.2) is 6.07 Å². The molecule has 2 rings (SSSR count). The Morgan fingerprint density at radius 2 is 2.39 bits per heavy atom. The Morgan fingerprint density at radius 3 is 3.00 bits per heavy atom. The van der Waals surface area contributed by atoms with E-state index >= 15 is 0 Å². The molecule has 0 bridgehead atoms. The average Bonchev–Trinajstić information content (AvgIpc) is 2.38. The number of anilines is 1. The number of hydrogen-bond donors (Lipinski definition) is 0. The molecule has 0 amide bonds. The first-order valence-corrected chi connectivity index (χ1v) is 7.33. The third-order valence-electron chi connectivity index (χ3n) is 3.26. The van der Waals surface area contributed by atoms with Gasteiger partial charge in [0.1, 0.15) is 3.70 Å². The van der Waals surface area contributed by atoms with E-state index in [0.29, 0.717) is 6.04 Å². The van der Waals surface area contributed by atoms with Gasteiger partial charge in [-0.2, -0.15) is 0 Å². The Bertz CT molecular complexity index is 426. The molecule has 1 aromatic rings. The van der Waals surface area contributed by atoms with E-state index < -0.39 is 0 Å². The molecular formula is C13H19IN2O2. The number of pyridine rings is 1. The molecule has 1 aliphatic heterocycles. The normalized spacial score (nSPS) is 20.0. The third-order valence-corrected chi connectivity index (χ3v) is 3.81. The van der Waals surface area contributed by atoms with Crippen LogP contribution in [0.25, 0.3) is 0 Å². The first kappa shape index (κ1) is 13.9. The highest BCUT2D eigenvalue weighted by Gasteiger charge is 2.23. The number of methoxy groups -OCH3 is 1. The molecular weight excluding hydrogens is 343 g/mol. The van der Waals surface area contributed by atoms with Gasteiger partial charge in [-0.05, 0) is 42.0 Å². The number of nitrogens with zero attached hydrogens (tertiary/aromatic N) is 2. The second-order valence-electron chi connectivity index (χ2n) is 4.42. The van der Waals surface area contributed by atoms with Crippen LogP contribution in [0, 0.1) is 3.70 Å². The van der Waals surface area contributed by atoms with Gasteiger partial charge in [0.15, 0.2) is 0 Å². The monoisotopic (exact) mass is 362 g/mol. The van der Waals surface area contributed by atoms with E-state index in [2.05, 4.69) is 52.4 Å². The van der Waals surface area contributed by atoms with Crippen molar-refractivity contribution in [3.05, 3.63) is 15.3 Å².